The highest BCUT2D eigenvalue weighted by atomic mass is 32.3. The summed E-state index contributed by atoms with van der Waals surface area (Å²) in [5, 5.41) is 12.0. The minimum absolute atomic E-state index is 0.103. The van der Waals surface area contributed by atoms with Gasteiger partial charge in [-0.3, -0.25) is 18.7 Å². The van der Waals surface area contributed by atoms with Gasteiger partial charge in [-0.1, -0.05) is 48.5 Å². The van der Waals surface area contributed by atoms with Gasteiger partial charge in [0, 0.05) is 23.3 Å². The lowest BCUT2D eigenvalue weighted by molar-refractivity contribution is -0.137. The highest BCUT2D eigenvalue weighted by molar-refractivity contribution is 8.24. The Morgan fingerprint density at radius 1 is 0.921 bits per heavy atom. The molecule has 0 fully saturated rings. The van der Waals surface area contributed by atoms with Gasteiger partial charge in [-0.15, -0.1) is 0 Å². The first-order chi connectivity index (χ1) is 18.3. The van der Waals surface area contributed by atoms with Crippen LogP contribution in [-0.4, -0.2) is 41.8 Å². The number of carbonyl (C=O) groups excluding carboxylic acids is 1. The predicted molar refractivity (Wildman–Crippen MR) is 147 cm³/mol. The van der Waals surface area contributed by atoms with Crippen molar-refractivity contribution in [1.82, 2.24) is 15.3 Å². The molecule has 0 saturated heterocycles. The van der Waals surface area contributed by atoms with Gasteiger partial charge in [-0.25, -0.2) is 9.97 Å². The van der Waals surface area contributed by atoms with E-state index in [1.807, 2.05) is 42.5 Å². The fraction of sp³-hybridized carbons (Fsp3) is 0.241. The second-order valence-corrected chi connectivity index (χ2v) is 11.6. The molecule has 0 spiro atoms. The number of nitrogens with zero attached hydrogens (tertiary/aromatic N) is 2. The molecule has 0 bridgehead atoms. The zero-order valence-corrected chi connectivity index (χ0v) is 21.5. The summed E-state index contributed by atoms with van der Waals surface area (Å²) in [6.07, 6.45) is 2.30. The van der Waals surface area contributed by atoms with Crippen molar-refractivity contribution < 1.29 is 23.8 Å². The number of amides is 1. The van der Waals surface area contributed by atoms with Gasteiger partial charge in [-0.2, -0.15) is 10.6 Å². The third-order valence-electron chi connectivity index (χ3n) is 6.74. The van der Waals surface area contributed by atoms with Crippen molar-refractivity contribution in [3.8, 4) is 11.3 Å². The fourth-order valence-corrected chi connectivity index (χ4v) is 6.48. The number of hydrogen-bond acceptors (Lipinski definition) is 6. The van der Waals surface area contributed by atoms with Gasteiger partial charge in [0.2, 0.25) is 0 Å². The smallest absolute Gasteiger partial charge is 0.303 e. The molecule has 4 aromatic rings. The summed E-state index contributed by atoms with van der Waals surface area (Å²) >= 11 is 0. The average molecular weight is 532 g/mol. The third-order valence-corrected chi connectivity index (χ3v) is 8.62. The summed E-state index contributed by atoms with van der Waals surface area (Å²) in [5.41, 5.74) is 4.85. The third kappa shape index (κ3) is 5.55. The minimum Gasteiger partial charge on any atom is -0.481 e. The molecule has 9 heteroatoms. The number of fused-ring (bicyclic) bond motifs is 2. The maximum atomic E-state index is 13.2. The van der Waals surface area contributed by atoms with E-state index in [2.05, 4.69) is 5.32 Å². The van der Waals surface area contributed by atoms with Crippen LogP contribution in [0.15, 0.2) is 77.7 Å². The Kier molecular flexibility index (Phi) is 7.42. The SMILES string of the molecule is O=C(O)CCCCc1nc2cc(C(=O)N[C@@H]3CCS(O)(O)c4ccccc43)ccc2nc1-c1ccccc1. The van der Waals surface area contributed by atoms with Crippen LogP contribution in [0.5, 0.6) is 0 Å². The Bertz CT molecular complexity index is 1490. The van der Waals surface area contributed by atoms with Crippen LogP contribution < -0.4 is 5.32 Å². The molecule has 0 saturated carbocycles. The summed E-state index contributed by atoms with van der Waals surface area (Å²) in [6, 6.07) is 21.7. The van der Waals surface area contributed by atoms with Crippen LogP contribution in [0, 0.1) is 0 Å². The number of rotatable bonds is 8. The molecule has 1 aliphatic rings. The van der Waals surface area contributed by atoms with Gasteiger partial charge in [0.1, 0.15) is 0 Å². The number of aromatic nitrogens is 2. The molecule has 2 heterocycles. The number of carbonyl (C=O) groups is 2. The molecule has 8 nitrogen and oxygen atoms in total. The van der Waals surface area contributed by atoms with E-state index in [1.54, 1.807) is 30.3 Å². The number of unbranched alkanes of at least 4 members (excludes halogenated alkanes) is 1. The number of aryl methyl sites for hydroxylation is 1. The van der Waals surface area contributed by atoms with Crippen LogP contribution in [-0.2, 0) is 11.2 Å². The Hall–Kier alpha value is -3.79. The summed E-state index contributed by atoms with van der Waals surface area (Å²) in [4.78, 5) is 34.4. The fourth-order valence-electron chi connectivity index (χ4n) is 4.81. The van der Waals surface area contributed by atoms with Gasteiger partial charge < -0.3 is 10.4 Å². The van der Waals surface area contributed by atoms with E-state index in [4.69, 9.17) is 15.1 Å². The van der Waals surface area contributed by atoms with Crippen LogP contribution >= 0.6 is 10.6 Å². The van der Waals surface area contributed by atoms with E-state index < -0.39 is 16.6 Å². The van der Waals surface area contributed by atoms with Crippen LogP contribution in [0.4, 0.5) is 0 Å². The average Bonchev–Trinajstić information content (AvgIpc) is 2.92. The zero-order chi connectivity index (χ0) is 26.7. The number of aliphatic carboxylic acids is 1. The van der Waals surface area contributed by atoms with Gasteiger partial charge >= 0.3 is 5.97 Å². The molecule has 1 atom stereocenters. The molecular formula is C29H29N3O5S. The van der Waals surface area contributed by atoms with E-state index in [1.165, 1.54) is 0 Å². The van der Waals surface area contributed by atoms with Gasteiger partial charge in [0.15, 0.2) is 0 Å². The molecular weight excluding hydrogens is 502 g/mol. The quantitative estimate of drug-likeness (QED) is 0.203. The van der Waals surface area contributed by atoms with E-state index in [0.29, 0.717) is 47.2 Å². The monoisotopic (exact) mass is 531 g/mol. The number of nitrogens with one attached hydrogen (secondary N) is 1. The number of benzene rings is 3. The van der Waals surface area contributed by atoms with Crippen LogP contribution in [0.3, 0.4) is 0 Å². The Morgan fingerprint density at radius 2 is 1.68 bits per heavy atom. The van der Waals surface area contributed by atoms with Crippen molar-refractivity contribution in [2.24, 2.45) is 0 Å². The van der Waals surface area contributed by atoms with E-state index in [0.717, 1.165) is 22.5 Å². The predicted octanol–water partition coefficient (Wildman–Crippen LogP) is 6.08. The van der Waals surface area contributed by atoms with Gasteiger partial charge in [-0.05, 0) is 55.5 Å². The Morgan fingerprint density at radius 3 is 2.47 bits per heavy atom. The molecule has 0 unspecified atom stereocenters. The lowest BCUT2D eigenvalue weighted by Gasteiger charge is -2.41. The number of carboxylic acid groups (broad SMARTS) is 1. The minimum atomic E-state index is -2.85. The first-order valence-electron chi connectivity index (χ1n) is 12.6. The molecule has 196 valence electrons. The van der Waals surface area contributed by atoms with Crippen molar-refractivity contribution in [2.75, 3.05) is 5.75 Å². The molecule has 1 aliphatic heterocycles. The summed E-state index contributed by atoms with van der Waals surface area (Å²) in [6.45, 7) is 0. The van der Waals surface area contributed by atoms with Crippen LogP contribution in [0.25, 0.3) is 22.3 Å². The van der Waals surface area contributed by atoms with Crippen molar-refractivity contribution in [1.29, 1.82) is 0 Å². The molecule has 38 heavy (non-hydrogen) atoms. The van der Waals surface area contributed by atoms with Crippen molar-refractivity contribution in [3.05, 3.63) is 89.6 Å². The van der Waals surface area contributed by atoms with Gasteiger partial charge in [0.05, 0.1) is 33.4 Å². The lowest BCUT2D eigenvalue weighted by Crippen LogP contribution is -2.33. The molecule has 1 aromatic heterocycles. The molecule has 3 aromatic carbocycles. The maximum absolute atomic E-state index is 13.2. The first kappa shape index (κ1) is 25.8. The topological polar surface area (TPSA) is 133 Å². The lowest BCUT2D eigenvalue weighted by atomic mass is 10.0. The standard InChI is InChI=1S/C29H29N3O5S/c33-27(34)13-7-5-11-24-28(19-8-2-1-3-9-19)31-23-15-14-20(18-25(23)30-24)29(35)32-22-16-17-38(36,37)26-12-6-4-10-21(22)26/h1-4,6,8-10,12,14-15,18,22,36-37H,5,7,11,13,16-17H2,(H,32,35)(H,33,34)/t22-/m1/s1. The van der Waals surface area contributed by atoms with Crippen LogP contribution in [0.1, 0.15) is 53.3 Å². The number of hydrogen-bond donors (Lipinski definition) is 4. The highest BCUT2D eigenvalue weighted by Gasteiger charge is 2.31. The zero-order valence-electron chi connectivity index (χ0n) is 20.7. The Labute approximate surface area is 222 Å². The maximum Gasteiger partial charge on any atom is 0.303 e. The van der Waals surface area contributed by atoms with E-state index in [9.17, 15) is 18.7 Å². The summed E-state index contributed by atoms with van der Waals surface area (Å²) < 4.78 is 20.9. The Balaban J connectivity index is 1.43. The van der Waals surface area contributed by atoms with Crippen molar-refractivity contribution >= 4 is 33.5 Å². The second kappa shape index (κ2) is 10.9. The normalized spacial score (nSPS) is 16.9. The van der Waals surface area contributed by atoms with Crippen molar-refractivity contribution in [3.63, 3.8) is 0 Å². The molecule has 1 amide bonds. The summed E-state index contributed by atoms with van der Waals surface area (Å²) in [7, 11) is -2.85. The number of carboxylic acids is 1. The largest absolute Gasteiger partial charge is 0.481 e. The second-order valence-electron chi connectivity index (χ2n) is 9.41. The van der Waals surface area contributed by atoms with Gasteiger partial charge in [0.25, 0.3) is 5.91 Å². The van der Waals surface area contributed by atoms with Crippen molar-refractivity contribution in [2.45, 2.75) is 43.0 Å². The van der Waals surface area contributed by atoms with Crippen LogP contribution in [0.2, 0.25) is 0 Å². The molecule has 5 rings (SSSR count). The highest BCUT2D eigenvalue weighted by Crippen LogP contribution is 2.55. The molecule has 0 aliphatic carbocycles. The molecule has 4 N–H and O–H groups in total. The van der Waals surface area contributed by atoms with E-state index in [-0.39, 0.29) is 24.1 Å². The summed E-state index contributed by atoms with van der Waals surface area (Å²) in [5.74, 6) is -0.896. The molecule has 0 radical (unpaired) electrons. The first-order valence-corrected chi connectivity index (χ1v) is 14.3. The van der Waals surface area contributed by atoms with E-state index >= 15 is 0 Å².